The number of hydrogen-bond donors (Lipinski definition) is 1. The second-order valence-electron chi connectivity index (χ2n) is 4.99. The van der Waals surface area contributed by atoms with Crippen molar-refractivity contribution in [2.24, 2.45) is 0 Å². The molecule has 1 N–H and O–H groups in total. The van der Waals surface area contributed by atoms with E-state index in [9.17, 15) is 9.90 Å². The Morgan fingerprint density at radius 2 is 2.17 bits per heavy atom. The monoisotopic (exact) mass is 248 g/mol. The number of rotatable bonds is 4. The van der Waals surface area contributed by atoms with Crippen LogP contribution in [0.25, 0.3) is 0 Å². The third-order valence-electron chi connectivity index (χ3n) is 3.50. The van der Waals surface area contributed by atoms with E-state index < -0.39 is 5.97 Å². The number of para-hydroxylation sites is 1. The van der Waals surface area contributed by atoms with Crippen molar-refractivity contribution < 1.29 is 9.90 Å². The third kappa shape index (κ3) is 2.64. The van der Waals surface area contributed by atoms with Crippen LogP contribution in [0.1, 0.15) is 18.4 Å². The van der Waals surface area contributed by atoms with Crippen molar-refractivity contribution in [3.05, 3.63) is 29.8 Å². The molecule has 1 aliphatic heterocycles. The molecule has 1 saturated heterocycles. The molecular formula is C14H20N2O2. The first-order valence-corrected chi connectivity index (χ1v) is 6.31. The standard InChI is InChI=1S/C14H20N2O2/c1-15(2)12-7-4-3-6-11(12)10-16-9-5-8-13(16)14(17)18/h3-4,6-7,13H,5,8-10H2,1-2H3,(H,17,18)/t13-/m0/s1. The van der Waals surface area contributed by atoms with Gasteiger partial charge in [0.2, 0.25) is 0 Å². The first-order chi connectivity index (χ1) is 8.59. The summed E-state index contributed by atoms with van der Waals surface area (Å²) in [4.78, 5) is 15.3. The zero-order valence-electron chi connectivity index (χ0n) is 11.0. The summed E-state index contributed by atoms with van der Waals surface area (Å²) >= 11 is 0. The Balaban J connectivity index is 2.16. The molecule has 0 radical (unpaired) electrons. The Morgan fingerprint density at radius 3 is 2.83 bits per heavy atom. The first-order valence-electron chi connectivity index (χ1n) is 6.31. The summed E-state index contributed by atoms with van der Waals surface area (Å²) in [5.41, 5.74) is 2.35. The Labute approximate surface area is 108 Å². The van der Waals surface area contributed by atoms with E-state index in [0.29, 0.717) is 6.54 Å². The van der Waals surface area contributed by atoms with Crippen LogP contribution < -0.4 is 4.90 Å². The number of nitrogens with zero attached hydrogens (tertiary/aromatic N) is 2. The number of aliphatic carboxylic acids is 1. The Morgan fingerprint density at radius 1 is 1.44 bits per heavy atom. The smallest absolute Gasteiger partial charge is 0.320 e. The van der Waals surface area contributed by atoms with Crippen molar-refractivity contribution in [3.8, 4) is 0 Å². The van der Waals surface area contributed by atoms with E-state index in [1.807, 2.05) is 26.2 Å². The van der Waals surface area contributed by atoms with E-state index in [1.165, 1.54) is 5.56 Å². The third-order valence-corrected chi connectivity index (χ3v) is 3.50. The SMILES string of the molecule is CN(C)c1ccccc1CN1CCC[C@H]1C(=O)O. The molecule has 1 heterocycles. The van der Waals surface area contributed by atoms with Gasteiger partial charge in [-0.1, -0.05) is 18.2 Å². The molecule has 98 valence electrons. The molecule has 18 heavy (non-hydrogen) atoms. The fourth-order valence-electron chi connectivity index (χ4n) is 2.59. The topological polar surface area (TPSA) is 43.8 Å². The zero-order valence-corrected chi connectivity index (χ0v) is 11.0. The number of carbonyl (C=O) groups is 1. The van der Waals surface area contributed by atoms with Gasteiger partial charge in [0.1, 0.15) is 6.04 Å². The lowest BCUT2D eigenvalue weighted by Gasteiger charge is -2.24. The van der Waals surface area contributed by atoms with Crippen molar-refractivity contribution in [3.63, 3.8) is 0 Å². The van der Waals surface area contributed by atoms with E-state index in [0.717, 1.165) is 25.1 Å². The van der Waals surface area contributed by atoms with Gasteiger partial charge in [-0.05, 0) is 31.0 Å². The van der Waals surface area contributed by atoms with Crippen LogP contribution in [0.15, 0.2) is 24.3 Å². The largest absolute Gasteiger partial charge is 0.480 e. The second-order valence-corrected chi connectivity index (χ2v) is 4.99. The Kier molecular flexibility index (Phi) is 3.87. The highest BCUT2D eigenvalue weighted by Crippen LogP contribution is 2.25. The number of anilines is 1. The molecular weight excluding hydrogens is 228 g/mol. The van der Waals surface area contributed by atoms with E-state index in [4.69, 9.17) is 0 Å². The minimum atomic E-state index is -0.699. The van der Waals surface area contributed by atoms with Crippen LogP contribution in [-0.2, 0) is 11.3 Å². The van der Waals surface area contributed by atoms with Gasteiger partial charge in [0.05, 0.1) is 0 Å². The van der Waals surface area contributed by atoms with E-state index in [2.05, 4.69) is 21.9 Å². The molecule has 0 unspecified atom stereocenters. The minimum Gasteiger partial charge on any atom is -0.480 e. The number of likely N-dealkylation sites (tertiary alicyclic amines) is 1. The van der Waals surface area contributed by atoms with Gasteiger partial charge in [0.25, 0.3) is 0 Å². The second kappa shape index (κ2) is 5.40. The average molecular weight is 248 g/mol. The summed E-state index contributed by atoms with van der Waals surface area (Å²) in [6.45, 7) is 1.59. The molecule has 1 aliphatic rings. The predicted molar refractivity (Wildman–Crippen MR) is 71.8 cm³/mol. The molecule has 0 amide bonds. The van der Waals surface area contributed by atoms with Gasteiger partial charge < -0.3 is 10.0 Å². The zero-order chi connectivity index (χ0) is 13.1. The van der Waals surface area contributed by atoms with Gasteiger partial charge >= 0.3 is 5.97 Å². The van der Waals surface area contributed by atoms with Gasteiger partial charge in [0, 0.05) is 26.3 Å². The van der Waals surface area contributed by atoms with Crippen molar-refractivity contribution in [2.45, 2.75) is 25.4 Å². The molecule has 1 atom stereocenters. The van der Waals surface area contributed by atoms with Crippen molar-refractivity contribution >= 4 is 11.7 Å². The van der Waals surface area contributed by atoms with Crippen LogP contribution >= 0.6 is 0 Å². The highest BCUT2D eigenvalue weighted by atomic mass is 16.4. The van der Waals surface area contributed by atoms with Crippen molar-refractivity contribution in [1.29, 1.82) is 0 Å². The molecule has 1 fully saturated rings. The first kappa shape index (κ1) is 12.9. The van der Waals surface area contributed by atoms with Crippen LogP contribution in [0.4, 0.5) is 5.69 Å². The molecule has 1 aromatic carbocycles. The Hall–Kier alpha value is -1.55. The maximum atomic E-state index is 11.2. The molecule has 0 aromatic heterocycles. The lowest BCUT2D eigenvalue weighted by atomic mass is 10.1. The average Bonchev–Trinajstić information content (AvgIpc) is 2.77. The molecule has 0 bridgehead atoms. The minimum absolute atomic E-state index is 0.319. The van der Waals surface area contributed by atoms with E-state index >= 15 is 0 Å². The fourth-order valence-corrected chi connectivity index (χ4v) is 2.59. The maximum absolute atomic E-state index is 11.2. The molecule has 2 rings (SSSR count). The lowest BCUT2D eigenvalue weighted by Crippen LogP contribution is -2.35. The summed E-state index contributed by atoms with van der Waals surface area (Å²) in [7, 11) is 4.02. The summed E-state index contributed by atoms with van der Waals surface area (Å²) in [5, 5.41) is 9.19. The van der Waals surface area contributed by atoms with Crippen LogP contribution in [0.5, 0.6) is 0 Å². The molecule has 0 aliphatic carbocycles. The van der Waals surface area contributed by atoms with Crippen LogP contribution in [0.3, 0.4) is 0 Å². The number of hydrogen-bond acceptors (Lipinski definition) is 3. The number of carboxylic acid groups (broad SMARTS) is 1. The summed E-state index contributed by atoms with van der Waals surface area (Å²) < 4.78 is 0. The number of carboxylic acids is 1. The molecule has 1 aromatic rings. The van der Waals surface area contributed by atoms with Gasteiger partial charge in [-0.3, -0.25) is 9.69 Å². The quantitative estimate of drug-likeness (QED) is 0.882. The van der Waals surface area contributed by atoms with Gasteiger partial charge in [-0.15, -0.1) is 0 Å². The Bertz CT molecular complexity index is 432. The molecule has 0 spiro atoms. The molecule has 0 saturated carbocycles. The van der Waals surface area contributed by atoms with Crippen molar-refractivity contribution in [1.82, 2.24) is 4.90 Å². The molecule has 4 heteroatoms. The fraction of sp³-hybridized carbons (Fsp3) is 0.500. The van der Waals surface area contributed by atoms with Gasteiger partial charge in [-0.25, -0.2) is 0 Å². The summed E-state index contributed by atoms with van der Waals surface area (Å²) in [6, 6.07) is 7.85. The van der Waals surface area contributed by atoms with Crippen LogP contribution in [-0.4, -0.2) is 42.7 Å². The van der Waals surface area contributed by atoms with Crippen LogP contribution in [0, 0.1) is 0 Å². The predicted octanol–water partition coefficient (Wildman–Crippen LogP) is 1.80. The molecule has 4 nitrogen and oxygen atoms in total. The lowest BCUT2D eigenvalue weighted by molar-refractivity contribution is -0.142. The highest BCUT2D eigenvalue weighted by Gasteiger charge is 2.30. The summed E-state index contributed by atoms with van der Waals surface area (Å²) in [5.74, 6) is -0.699. The van der Waals surface area contributed by atoms with Gasteiger partial charge in [0.15, 0.2) is 0 Å². The summed E-state index contributed by atoms with van der Waals surface area (Å²) in [6.07, 6.45) is 1.74. The number of benzene rings is 1. The van der Waals surface area contributed by atoms with E-state index in [1.54, 1.807) is 0 Å². The normalized spacial score (nSPS) is 20.0. The van der Waals surface area contributed by atoms with Gasteiger partial charge in [-0.2, -0.15) is 0 Å². The highest BCUT2D eigenvalue weighted by molar-refractivity contribution is 5.73. The van der Waals surface area contributed by atoms with E-state index in [-0.39, 0.29) is 6.04 Å². The maximum Gasteiger partial charge on any atom is 0.320 e. The van der Waals surface area contributed by atoms with Crippen LogP contribution in [0.2, 0.25) is 0 Å². The van der Waals surface area contributed by atoms with Crippen molar-refractivity contribution in [2.75, 3.05) is 25.5 Å².